The predicted octanol–water partition coefficient (Wildman–Crippen LogP) is 2.36. The van der Waals surface area contributed by atoms with Crippen LogP contribution in [0.4, 0.5) is 5.69 Å². The third kappa shape index (κ3) is 2.64. The van der Waals surface area contributed by atoms with Gasteiger partial charge in [0.15, 0.2) is 0 Å². The monoisotopic (exact) mass is 288 g/mol. The van der Waals surface area contributed by atoms with Crippen LogP contribution in [0.2, 0.25) is 0 Å². The molecule has 0 aliphatic carbocycles. The van der Waals surface area contributed by atoms with Crippen LogP contribution in [0.25, 0.3) is 0 Å². The fourth-order valence-electron chi connectivity index (χ4n) is 3.43. The van der Waals surface area contributed by atoms with Crippen LogP contribution in [0.15, 0.2) is 18.2 Å². The van der Waals surface area contributed by atoms with Gasteiger partial charge in [-0.05, 0) is 62.5 Å². The van der Waals surface area contributed by atoms with Crippen LogP contribution in [0.3, 0.4) is 0 Å². The summed E-state index contributed by atoms with van der Waals surface area (Å²) in [5, 5.41) is 3.34. The maximum absolute atomic E-state index is 13.1. The molecule has 1 aromatic rings. The van der Waals surface area contributed by atoms with Gasteiger partial charge in [0.1, 0.15) is 5.75 Å². The summed E-state index contributed by atoms with van der Waals surface area (Å²) in [5.74, 6) is 1.16. The van der Waals surface area contributed by atoms with Crippen LogP contribution in [0.1, 0.15) is 31.7 Å². The molecule has 21 heavy (non-hydrogen) atoms. The third-order valence-corrected chi connectivity index (χ3v) is 4.87. The Morgan fingerprint density at radius 2 is 2.10 bits per heavy atom. The SMILES string of the molecule is COc1ccc2c(c1)CCCN2C(=O)C1(C)CCNCC1. The molecule has 0 saturated carbocycles. The summed E-state index contributed by atoms with van der Waals surface area (Å²) in [4.78, 5) is 15.1. The van der Waals surface area contributed by atoms with Gasteiger partial charge in [0.05, 0.1) is 7.11 Å². The second-order valence-electron chi connectivity index (χ2n) is 6.37. The van der Waals surface area contributed by atoms with Crippen molar-refractivity contribution in [3.05, 3.63) is 23.8 Å². The van der Waals surface area contributed by atoms with E-state index in [2.05, 4.69) is 18.3 Å². The Balaban J connectivity index is 1.89. The molecule has 114 valence electrons. The average molecular weight is 288 g/mol. The number of methoxy groups -OCH3 is 1. The summed E-state index contributed by atoms with van der Waals surface area (Å²) in [6.07, 6.45) is 3.90. The zero-order valence-electron chi connectivity index (χ0n) is 12.9. The standard InChI is InChI=1S/C17H24N2O2/c1-17(7-9-18-10-8-17)16(20)19-11-3-4-13-12-14(21-2)5-6-15(13)19/h5-6,12,18H,3-4,7-11H2,1-2H3. The zero-order valence-corrected chi connectivity index (χ0v) is 12.9. The molecule has 1 fully saturated rings. The fourth-order valence-corrected chi connectivity index (χ4v) is 3.43. The average Bonchev–Trinajstić information content (AvgIpc) is 2.53. The van der Waals surface area contributed by atoms with Crippen molar-refractivity contribution < 1.29 is 9.53 Å². The predicted molar refractivity (Wildman–Crippen MR) is 83.9 cm³/mol. The van der Waals surface area contributed by atoms with E-state index in [4.69, 9.17) is 4.74 Å². The van der Waals surface area contributed by atoms with Crippen molar-refractivity contribution in [3.63, 3.8) is 0 Å². The molecule has 0 bridgehead atoms. The molecule has 1 saturated heterocycles. The number of ether oxygens (including phenoxy) is 1. The van der Waals surface area contributed by atoms with Crippen molar-refractivity contribution >= 4 is 11.6 Å². The Hall–Kier alpha value is -1.55. The highest BCUT2D eigenvalue weighted by atomic mass is 16.5. The fraction of sp³-hybridized carbons (Fsp3) is 0.588. The Labute approximate surface area is 126 Å². The zero-order chi connectivity index (χ0) is 14.9. The van der Waals surface area contributed by atoms with Gasteiger partial charge in [-0.2, -0.15) is 0 Å². The van der Waals surface area contributed by atoms with E-state index in [0.29, 0.717) is 0 Å². The summed E-state index contributed by atoms with van der Waals surface area (Å²) < 4.78 is 5.30. The smallest absolute Gasteiger partial charge is 0.233 e. The molecule has 1 amide bonds. The lowest BCUT2D eigenvalue weighted by molar-refractivity contribution is -0.128. The van der Waals surface area contributed by atoms with Gasteiger partial charge in [-0.1, -0.05) is 6.92 Å². The third-order valence-electron chi connectivity index (χ3n) is 4.87. The molecule has 4 heteroatoms. The minimum absolute atomic E-state index is 0.222. The quantitative estimate of drug-likeness (QED) is 0.908. The van der Waals surface area contributed by atoms with Gasteiger partial charge in [0.2, 0.25) is 5.91 Å². The first-order valence-electron chi connectivity index (χ1n) is 7.84. The highest BCUT2D eigenvalue weighted by molar-refractivity contribution is 5.98. The second-order valence-corrected chi connectivity index (χ2v) is 6.37. The van der Waals surface area contributed by atoms with E-state index < -0.39 is 0 Å². The number of nitrogens with zero attached hydrogens (tertiary/aromatic N) is 1. The van der Waals surface area contributed by atoms with Crippen LogP contribution in [0.5, 0.6) is 5.75 Å². The van der Waals surface area contributed by atoms with Crippen molar-refractivity contribution in [1.82, 2.24) is 5.32 Å². The first-order chi connectivity index (χ1) is 10.1. The molecule has 3 rings (SSSR count). The molecule has 0 unspecified atom stereocenters. The summed E-state index contributed by atoms with van der Waals surface area (Å²) in [5.41, 5.74) is 2.08. The Morgan fingerprint density at radius 3 is 2.81 bits per heavy atom. The summed E-state index contributed by atoms with van der Waals surface area (Å²) >= 11 is 0. The largest absolute Gasteiger partial charge is 0.497 e. The van der Waals surface area contributed by atoms with E-state index in [9.17, 15) is 4.79 Å². The van der Waals surface area contributed by atoms with Gasteiger partial charge in [-0.3, -0.25) is 4.79 Å². The van der Waals surface area contributed by atoms with Gasteiger partial charge >= 0.3 is 0 Å². The molecule has 0 radical (unpaired) electrons. The first kappa shape index (κ1) is 14.4. The maximum atomic E-state index is 13.1. The van der Waals surface area contributed by atoms with Crippen molar-refractivity contribution in [1.29, 1.82) is 0 Å². The number of amides is 1. The molecular weight excluding hydrogens is 264 g/mol. The lowest BCUT2D eigenvalue weighted by Gasteiger charge is -2.39. The number of carbonyl (C=O) groups is 1. The molecule has 0 atom stereocenters. The minimum Gasteiger partial charge on any atom is -0.497 e. The van der Waals surface area contributed by atoms with Gasteiger partial charge in [0, 0.05) is 17.6 Å². The summed E-state index contributed by atoms with van der Waals surface area (Å²) in [7, 11) is 1.68. The number of hydrogen-bond acceptors (Lipinski definition) is 3. The first-order valence-corrected chi connectivity index (χ1v) is 7.84. The van der Waals surface area contributed by atoms with E-state index in [-0.39, 0.29) is 11.3 Å². The molecule has 4 nitrogen and oxygen atoms in total. The van der Waals surface area contributed by atoms with Gasteiger partial charge < -0.3 is 15.0 Å². The molecule has 0 aromatic heterocycles. The maximum Gasteiger partial charge on any atom is 0.233 e. The van der Waals surface area contributed by atoms with E-state index in [1.54, 1.807) is 7.11 Å². The topological polar surface area (TPSA) is 41.6 Å². The van der Waals surface area contributed by atoms with E-state index in [1.807, 2.05) is 17.0 Å². The second kappa shape index (κ2) is 5.68. The van der Waals surface area contributed by atoms with Crippen molar-refractivity contribution in [2.24, 2.45) is 5.41 Å². The summed E-state index contributed by atoms with van der Waals surface area (Å²) in [6.45, 7) is 4.83. The molecule has 1 N–H and O–H groups in total. The molecular formula is C17H24N2O2. The number of rotatable bonds is 2. The highest BCUT2D eigenvalue weighted by Crippen LogP contribution is 2.36. The summed E-state index contributed by atoms with van der Waals surface area (Å²) in [6, 6.07) is 6.06. The van der Waals surface area contributed by atoms with Crippen LogP contribution < -0.4 is 15.0 Å². The molecule has 2 aliphatic rings. The number of hydrogen-bond donors (Lipinski definition) is 1. The van der Waals surface area contributed by atoms with E-state index in [1.165, 1.54) is 5.56 Å². The van der Waals surface area contributed by atoms with Crippen LogP contribution in [-0.4, -0.2) is 32.7 Å². The number of benzene rings is 1. The normalized spacial score (nSPS) is 20.8. The van der Waals surface area contributed by atoms with Gasteiger partial charge in [-0.15, -0.1) is 0 Å². The van der Waals surface area contributed by atoms with Gasteiger partial charge in [0.25, 0.3) is 0 Å². The Kier molecular flexibility index (Phi) is 3.89. The van der Waals surface area contributed by atoms with E-state index >= 15 is 0 Å². The number of nitrogens with one attached hydrogen (secondary N) is 1. The van der Waals surface area contributed by atoms with Crippen molar-refractivity contribution in [2.75, 3.05) is 31.6 Å². The van der Waals surface area contributed by atoms with E-state index in [0.717, 1.165) is 56.8 Å². The minimum atomic E-state index is -0.222. The molecule has 2 aliphatic heterocycles. The number of aryl methyl sites for hydroxylation is 1. The molecule has 2 heterocycles. The Morgan fingerprint density at radius 1 is 1.33 bits per heavy atom. The van der Waals surface area contributed by atoms with Crippen molar-refractivity contribution in [2.45, 2.75) is 32.6 Å². The number of anilines is 1. The van der Waals surface area contributed by atoms with Gasteiger partial charge in [-0.25, -0.2) is 0 Å². The number of fused-ring (bicyclic) bond motifs is 1. The molecule has 1 aromatic carbocycles. The Bertz CT molecular complexity index is 536. The van der Waals surface area contributed by atoms with Crippen molar-refractivity contribution in [3.8, 4) is 5.75 Å². The van der Waals surface area contributed by atoms with Crippen LogP contribution in [0, 0.1) is 5.41 Å². The number of carbonyl (C=O) groups excluding carboxylic acids is 1. The van der Waals surface area contributed by atoms with Crippen LogP contribution >= 0.6 is 0 Å². The van der Waals surface area contributed by atoms with Crippen LogP contribution in [-0.2, 0) is 11.2 Å². The molecule has 0 spiro atoms. The lowest BCUT2D eigenvalue weighted by atomic mass is 9.79. The lowest BCUT2D eigenvalue weighted by Crippen LogP contribution is -2.49. The highest BCUT2D eigenvalue weighted by Gasteiger charge is 2.39. The number of piperidine rings is 1.